The third-order valence-electron chi connectivity index (χ3n) is 5.04. The molecule has 3 aliphatic carbocycles. The van der Waals surface area contributed by atoms with E-state index < -0.39 is 0 Å². The second-order valence-corrected chi connectivity index (χ2v) is 5.77. The Morgan fingerprint density at radius 1 is 1.08 bits per heavy atom. The van der Waals surface area contributed by atoms with E-state index in [0.29, 0.717) is 6.04 Å². The lowest BCUT2D eigenvalue weighted by Gasteiger charge is -2.44. The van der Waals surface area contributed by atoms with Gasteiger partial charge in [0.15, 0.2) is 0 Å². The third kappa shape index (κ3) is 1.09. The van der Waals surface area contributed by atoms with Gasteiger partial charge in [-0.25, -0.2) is 0 Å². The molecule has 74 valence electrons. The predicted molar refractivity (Wildman–Crippen MR) is 54.2 cm³/mol. The number of hydrogen-bond acceptors (Lipinski definition) is 1. The fourth-order valence-corrected chi connectivity index (χ4v) is 4.76. The molecule has 0 aliphatic heterocycles. The lowest BCUT2D eigenvalue weighted by atomic mass is 9.62. The van der Waals surface area contributed by atoms with Crippen LogP contribution in [0, 0.1) is 29.6 Å². The molecule has 6 atom stereocenters. The van der Waals surface area contributed by atoms with Crippen LogP contribution in [0.3, 0.4) is 0 Å². The number of rotatable bonds is 1. The van der Waals surface area contributed by atoms with Crippen LogP contribution in [0.4, 0.5) is 0 Å². The minimum Gasteiger partial charge on any atom is -0.328 e. The SMILES string of the molecule is C[C@H](N)[C@@H]1[C@H]2CC[C@@H]3C[C@@H](C2)C[C@H]31. The van der Waals surface area contributed by atoms with Crippen LogP contribution in [-0.2, 0) is 0 Å². The summed E-state index contributed by atoms with van der Waals surface area (Å²) in [7, 11) is 0. The monoisotopic (exact) mass is 179 g/mol. The van der Waals surface area contributed by atoms with Gasteiger partial charge < -0.3 is 5.73 Å². The number of nitrogens with two attached hydrogens (primary N) is 1. The summed E-state index contributed by atoms with van der Waals surface area (Å²) in [6, 6.07) is 0.455. The van der Waals surface area contributed by atoms with Crippen molar-refractivity contribution in [2.45, 2.75) is 45.1 Å². The molecule has 0 amide bonds. The van der Waals surface area contributed by atoms with Crippen molar-refractivity contribution in [1.82, 2.24) is 0 Å². The Hall–Kier alpha value is -0.0400. The van der Waals surface area contributed by atoms with Crippen molar-refractivity contribution in [1.29, 1.82) is 0 Å². The normalized spacial score (nSPS) is 55.4. The molecule has 0 aromatic rings. The minimum absolute atomic E-state index is 0.455. The van der Waals surface area contributed by atoms with Gasteiger partial charge in [0.25, 0.3) is 0 Å². The van der Waals surface area contributed by atoms with Crippen molar-refractivity contribution in [3.63, 3.8) is 0 Å². The Morgan fingerprint density at radius 2 is 1.77 bits per heavy atom. The first kappa shape index (κ1) is 8.28. The van der Waals surface area contributed by atoms with Crippen LogP contribution in [0.15, 0.2) is 0 Å². The van der Waals surface area contributed by atoms with E-state index in [2.05, 4.69) is 6.92 Å². The van der Waals surface area contributed by atoms with Crippen LogP contribution in [0.2, 0.25) is 0 Å². The molecule has 0 aromatic carbocycles. The van der Waals surface area contributed by atoms with Gasteiger partial charge in [-0.1, -0.05) is 0 Å². The first-order valence-electron chi connectivity index (χ1n) is 6.01. The molecule has 3 saturated carbocycles. The van der Waals surface area contributed by atoms with Crippen molar-refractivity contribution < 1.29 is 0 Å². The maximum atomic E-state index is 6.14. The molecule has 3 rings (SSSR count). The van der Waals surface area contributed by atoms with Crippen molar-refractivity contribution in [3.8, 4) is 0 Å². The summed E-state index contributed by atoms with van der Waals surface area (Å²) in [5, 5.41) is 0. The van der Waals surface area contributed by atoms with Gasteiger partial charge in [0.05, 0.1) is 0 Å². The molecule has 1 heteroatoms. The smallest absolute Gasteiger partial charge is 0.00441 e. The second-order valence-electron chi connectivity index (χ2n) is 5.77. The molecule has 0 heterocycles. The van der Waals surface area contributed by atoms with Crippen LogP contribution in [0.1, 0.15) is 39.0 Å². The fourth-order valence-electron chi connectivity index (χ4n) is 4.76. The lowest BCUT2D eigenvalue weighted by Crippen LogP contribution is -2.43. The Balaban J connectivity index is 1.90. The van der Waals surface area contributed by atoms with Gasteiger partial charge in [-0.2, -0.15) is 0 Å². The Kier molecular flexibility index (Phi) is 1.74. The average molecular weight is 179 g/mol. The standard InChI is InChI=1S/C12H21N/c1-7(13)12-10-3-2-9-4-8(5-10)6-11(9)12/h7-12H,2-6,13H2,1H3/t7-,8-,9+,10-,11+,12+/m0/s1. The van der Waals surface area contributed by atoms with Crippen LogP contribution < -0.4 is 5.73 Å². The largest absolute Gasteiger partial charge is 0.328 e. The van der Waals surface area contributed by atoms with Crippen LogP contribution in [-0.4, -0.2) is 6.04 Å². The van der Waals surface area contributed by atoms with E-state index in [9.17, 15) is 0 Å². The summed E-state index contributed by atoms with van der Waals surface area (Å²) in [5.41, 5.74) is 6.14. The Morgan fingerprint density at radius 3 is 2.54 bits per heavy atom. The Bertz CT molecular complexity index is 211. The average Bonchev–Trinajstić information content (AvgIpc) is 2.27. The summed E-state index contributed by atoms with van der Waals surface area (Å²) in [5.74, 6) is 5.08. The van der Waals surface area contributed by atoms with Gasteiger partial charge in [0.1, 0.15) is 0 Å². The van der Waals surface area contributed by atoms with E-state index >= 15 is 0 Å². The van der Waals surface area contributed by atoms with Gasteiger partial charge >= 0.3 is 0 Å². The molecule has 1 nitrogen and oxygen atoms in total. The molecule has 0 spiro atoms. The highest BCUT2D eigenvalue weighted by molar-refractivity contribution is 5.01. The Labute approximate surface area is 81.1 Å². The summed E-state index contributed by atoms with van der Waals surface area (Å²) in [6.45, 7) is 2.23. The number of fused-ring (bicyclic) bond motifs is 2. The summed E-state index contributed by atoms with van der Waals surface area (Å²) < 4.78 is 0. The molecule has 0 radical (unpaired) electrons. The van der Waals surface area contributed by atoms with Gasteiger partial charge in [-0.15, -0.1) is 0 Å². The van der Waals surface area contributed by atoms with Crippen molar-refractivity contribution in [2.75, 3.05) is 0 Å². The summed E-state index contributed by atoms with van der Waals surface area (Å²) in [6.07, 6.45) is 7.59. The molecular weight excluding hydrogens is 158 g/mol. The summed E-state index contributed by atoms with van der Waals surface area (Å²) >= 11 is 0. The topological polar surface area (TPSA) is 26.0 Å². The van der Waals surface area contributed by atoms with Crippen LogP contribution >= 0.6 is 0 Å². The van der Waals surface area contributed by atoms with Crippen LogP contribution in [0.5, 0.6) is 0 Å². The van der Waals surface area contributed by atoms with Gasteiger partial charge in [0, 0.05) is 6.04 Å². The van der Waals surface area contributed by atoms with Gasteiger partial charge in [0.2, 0.25) is 0 Å². The minimum atomic E-state index is 0.455. The third-order valence-corrected chi connectivity index (χ3v) is 5.04. The molecule has 0 saturated heterocycles. The molecule has 3 bridgehead atoms. The molecule has 0 aromatic heterocycles. The van der Waals surface area contributed by atoms with Crippen molar-refractivity contribution in [3.05, 3.63) is 0 Å². The molecule has 3 fully saturated rings. The fraction of sp³-hybridized carbons (Fsp3) is 1.00. The molecule has 2 N–H and O–H groups in total. The van der Waals surface area contributed by atoms with E-state index in [1.807, 2.05) is 0 Å². The first-order chi connectivity index (χ1) is 6.25. The highest BCUT2D eigenvalue weighted by Gasteiger charge is 2.50. The van der Waals surface area contributed by atoms with E-state index in [1.165, 1.54) is 25.7 Å². The van der Waals surface area contributed by atoms with E-state index in [0.717, 1.165) is 29.6 Å². The van der Waals surface area contributed by atoms with E-state index in [1.54, 1.807) is 6.42 Å². The second kappa shape index (κ2) is 2.73. The molecular formula is C12H21N. The highest BCUT2D eigenvalue weighted by atomic mass is 14.7. The maximum absolute atomic E-state index is 6.14. The zero-order chi connectivity index (χ0) is 9.00. The number of hydrogen-bond donors (Lipinski definition) is 1. The van der Waals surface area contributed by atoms with E-state index in [4.69, 9.17) is 5.73 Å². The van der Waals surface area contributed by atoms with Gasteiger partial charge in [-0.3, -0.25) is 0 Å². The maximum Gasteiger partial charge on any atom is 0.00441 e. The predicted octanol–water partition coefficient (Wildman–Crippen LogP) is 2.41. The molecule has 3 aliphatic rings. The van der Waals surface area contributed by atoms with Gasteiger partial charge in [-0.05, 0) is 68.6 Å². The van der Waals surface area contributed by atoms with Crippen LogP contribution in [0.25, 0.3) is 0 Å². The lowest BCUT2D eigenvalue weighted by molar-refractivity contribution is 0.0663. The zero-order valence-corrected chi connectivity index (χ0v) is 8.58. The summed E-state index contributed by atoms with van der Waals surface area (Å²) in [4.78, 5) is 0. The van der Waals surface area contributed by atoms with Crippen molar-refractivity contribution in [2.24, 2.45) is 35.3 Å². The highest BCUT2D eigenvalue weighted by Crippen LogP contribution is 2.58. The zero-order valence-electron chi connectivity index (χ0n) is 8.58. The van der Waals surface area contributed by atoms with Crippen molar-refractivity contribution >= 4 is 0 Å². The quantitative estimate of drug-likeness (QED) is 0.657. The first-order valence-corrected chi connectivity index (χ1v) is 6.01. The molecule has 13 heavy (non-hydrogen) atoms. The van der Waals surface area contributed by atoms with E-state index in [-0.39, 0.29) is 0 Å². The molecule has 0 unspecified atom stereocenters.